The number of fused-ring (bicyclic) bond motifs is 3. The molecule has 0 aliphatic carbocycles. The third-order valence-corrected chi connectivity index (χ3v) is 4.14. The highest BCUT2D eigenvalue weighted by Gasteiger charge is 2.35. The van der Waals surface area contributed by atoms with Gasteiger partial charge in [0.2, 0.25) is 11.2 Å². The fraction of sp³-hybridized carbons (Fsp3) is 0.643. The van der Waals surface area contributed by atoms with Crippen LogP contribution >= 0.6 is 11.6 Å². The number of aromatic nitrogens is 2. The molecule has 2 aliphatic rings. The molecule has 8 nitrogen and oxygen atoms in total. The van der Waals surface area contributed by atoms with Crippen LogP contribution in [-0.4, -0.2) is 75.0 Å². The van der Waals surface area contributed by atoms with E-state index in [9.17, 15) is 4.79 Å². The van der Waals surface area contributed by atoms with Crippen molar-refractivity contribution < 1.29 is 14.3 Å². The predicted octanol–water partition coefficient (Wildman–Crippen LogP) is -0.0822. The van der Waals surface area contributed by atoms with Gasteiger partial charge in [0.1, 0.15) is 0 Å². The van der Waals surface area contributed by atoms with Gasteiger partial charge < -0.3 is 24.6 Å². The van der Waals surface area contributed by atoms with Gasteiger partial charge in [-0.3, -0.25) is 4.79 Å². The van der Waals surface area contributed by atoms with Crippen molar-refractivity contribution in [1.29, 1.82) is 0 Å². The fourth-order valence-corrected chi connectivity index (χ4v) is 3.02. The molecule has 0 radical (unpaired) electrons. The molecule has 23 heavy (non-hydrogen) atoms. The lowest BCUT2D eigenvalue weighted by Gasteiger charge is -2.45. The Hall–Kier alpha value is -1.64. The number of amides is 1. The topological polar surface area (TPSA) is 79.8 Å². The van der Waals surface area contributed by atoms with Crippen LogP contribution in [0.1, 0.15) is 0 Å². The van der Waals surface area contributed by atoms with Gasteiger partial charge in [0.25, 0.3) is 0 Å². The Morgan fingerprint density at radius 1 is 1.61 bits per heavy atom. The standard InChI is InChI=1S/C14H20ClN5O3/c1-22-4-2-16-12(21)8-19-7-10-9-23-5-3-20(10)13-11(19)6-17-14(15)18-13/h6,10H,2-5,7-9H2,1H3,(H,16,21). The molecule has 2 aliphatic heterocycles. The summed E-state index contributed by atoms with van der Waals surface area (Å²) < 4.78 is 10.5. The summed E-state index contributed by atoms with van der Waals surface area (Å²) in [5, 5.41) is 3.04. The van der Waals surface area contributed by atoms with Gasteiger partial charge in [0.15, 0.2) is 5.82 Å². The smallest absolute Gasteiger partial charge is 0.239 e. The second-order valence-corrected chi connectivity index (χ2v) is 5.83. The predicted molar refractivity (Wildman–Crippen MR) is 86.1 cm³/mol. The number of nitrogens with zero attached hydrogens (tertiary/aromatic N) is 4. The molecule has 1 saturated heterocycles. The van der Waals surface area contributed by atoms with Gasteiger partial charge >= 0.3 is 0 Å². The molecule has 9 heteroatoms. The second kappa shape index (κ2) is 7.29. The molecule has 1 aromatic heterocycles. The maximum atomic E-state index is 12.1. The summed E-state index contributed by atoms with van der Waals surface area (Å²) in [6, 6.07) is 0.161. The Morgan fingerprint density at radius 2 is 2.48 bits per heavy atom. The number of hydrogen-bond acceptors (Lipinski definition) is 7. The third kappa shape index (κ3) is 3.65. The number of carbonyl (C=O) groups is 1. The zero-order valence-electron chi connectivity index (χ0n) is 13.0. The van der Waals surface area contributed by atoms with Crippen LogP contribution in [-0.2, 0) is 14.3 Å². The number of halogens is 1. The average molecular weight is 342 g/mol. The Balaban J connectivity index is 1.77. The van der Waals surface area contributed by atoms with Crippen molar-refractivity contribution in [2.75, 3.05) is 62.9 Å². The molecule has 126 valence electrons. The molecule has 0 aromatic carbocycles. The molecular formula is C14H20ClN5O3. The van der Waals surface area contributed by atoms with Crippen molar-refractivity contribution >= 4 is 29.0 Å². The first-order valence-corrected chi connectivity index (χ1v) is 7.94. The molecule has 1 unspecified atom stereocenters. The van der Waals surface area contributed by atoms with Crippen molar-refractivity contribution in [2.45, 2.75) is 6.04 Å². The number of carbonyl (C=O) groups excluding carboxylic acids is 1. The fourth-order valence-electron chi connectivity index (χ4n) is 2.89. The van der Waals surface area contributed by atoms with Gasteiger partial charge in [-0.2, -0.15) is 4.98 Å². The monoisotopic (exact) mass is 341 g/mol. The minimum absolute atomic E-state index is 0.0619. The van der Waals surface area contributed by atoms with E-state index in [1.165, 1.54) is 0 Å². The van der Waals surface area contributed by atoms with Crippen LogP contribution in [0, 0.1) is 0 Å². The van der Waals surface area contributed by atoms with Gasteiger partial charge in [-0.15, -0.1) is 0 Å². The number of ether oxygens (including phenoxy) is 2. The van der Waals surface area contributed by atoms with Crippen LogP contribution in [0.4, 0.5) is 11.5 Å². The van der Waals surface area contributed by atoms with Gasteiger partial charge in [-0.1, -0.05) is 0 Å². The van der Waals surface area contributed by atoms with Crippen LogP contribution < -0.4 is 15.1 Å². The number of nitrogens with one attached hydrogen (secondary N) is 1. The average Bonchev–Trinajstić information content (AvgIpc) is 2.55. The van der Waals surface area contributed by atoms with Gasteiger partial charge in [-0.25, -0.2) is 4.98 Å². The summed E-state index contributed by atoms with van der Waals surface area (Å²) in [5.74, 6) is 0.711. The van der Waals surface area contributed by atoms with E-state index in [-0.39, 0.29) is 23.8 Å². The van der Waals surface area contributed by atoms with Gasteiger partial charge in [-0.05, 0) is 11.6 Å². The van der Waals surface area contributed by atoms with Crippen LogP contribution in [0.15, 0.2) is 6.20 Å². The van der Waals surface area contributed by atoms with E-state index < -0.39 is 0 Å². The van der Waals surface area contributed by atoms with Crippen molar-refractivity contribution in [2.24, 2.45) is 0 Å². The molecule has 1 fully saturated rings. The van der Waals surface area contributed by atoms with Crippen LogP contribution in [0.25, 0.3) is 0 Å². The summed E-state index contributed by atoms with van der Waals surface area (Å²) in [7, 11) is 1.60. The maximum Gasteiger partial charge on any atom is 0.239 e. The number of morpholine rings is 1. The maximum absolute atomic E-state index is 12.1. The highest BCUT2D eigenvalue weighted by molar-refractivity contribution is 6.28. The summed E-state index contributed by atoms with van der Waals surface area (Å²) in [6.07, 6.45) is 1.68. The van der Waals surface area contributed by atoms with Crippen molar-refractivity contribution in [3.05, 3.63) is 11.5 Å². The lowest BCUT2D eigenvalue weighted by molar-refractivity contribution is -0.120. The van der Waals surface area contributed by atoms with Gasteiger partial charge in [0.05, 0.1) is 44.3 Å². The number of anilines is 2. The van der Waals surface area contributed by atoms with Crippen molar-refractivity contribution in [3.63, 3.8) is 0 Å². The zero-order valence-corrected chi connectivity index (χ0v) is 13.8. The second-order valence-electron chi connectivity index (χ2n) is 5.49. The van der Waals surface area contributed by atoms with Crippen LogP contribution in [0.5, 0.6) is 0 Å². The largest absolute Gasteiger partial charge is 0.383 e. The Morgan fingerprint density at radius 3 is 3.30 bits per heavy atom. The van der Waals surface area contributed by atoms with Crippen molar-refractivity contribution in [3.8, 4) is 0 Å². The number of hydrogen-bond donors (Lipinski definition) is 1. The molecule has 0 spiro atoms. The minimum Gasteiger partial charge on any atom is -0.383 e. The summed E-state index contributed by atoms with van der Waals surface area (Å²) in [5.41, 5.74) is 0.828. The lowest BCUT2D eigenvalue weighted by Crippen LogP contribution is -2.57. The highest BCUT2D eigenvalue weighted by Crippen LogP contribution is 2.34. The van der Waals surface area contributed by atoms with E-state index in [1.54, 1.807) is 13.3 Å². The third-order valence-electron chi connectivity index (χ3n) is 3.95. The van der Waals surface area contributed by atoms with E-state index in [0.29, 0.717) is 32.9 Å². The molecule has 3 heterocycles. The molecular weight excluding hydrogens is 322 g/mol. The van der Waals surface area contributed by atoms with Gasteiger partial charge in [0, 0.05) is 26.7 Å². The van der Waals surface area contributed by atoms with E-state index in [4.69, 9.17) is 21.1 Å². The Labute approximate surface area is 139 Å². The van der Waals surface area contributed by atoms with Crippen LogP contribution in [0.3, 0.4) is 0 Å². The number of rotatable bonds is 5. The summed E-state index contributed by atoms with van der Waals surface area (Å²) in [6.45, 7) is 3.95. The van der Waals surface area contributed by atoms with Crippen molar-refractivity contribution in [1.82, 2.24) is 15.3 Å². The molecule has 0 saturated carbocycles. The van der Waals surface area contributed by atoms with E-state index in [1.807, 2.05) is 4.90 Å². The molecule has 0 bridgehead atoms. The minimum atomic E-state index is -0.0619. The summed E-state index contributed by atoms with van der Waals surface area (Å²) in [4.78, 5) is 24.7. The Kier molecular flexibility index (Phi) is 5.14. The Bertz CT molecular complexity index is 573. The quantitative estimate of drug-likeness (QED) is 0.592. The van der Waals surface area contributed by atoms with E-state index in [2.05, 4.69) is 20.2 Å². The van der Waals surface area contributed by atoms with E-state index >= 15 is 0 Å². The zero-order chi connectivity index (χ0) is 16.2. The molecule has 1 atom stereocenters. The first kappa shape index (κ1) is 16.2. The molecule has 3 rings (SSSR count). The number of methoxy groups -OCH3 is 1. The first-order valence-electron chi connectivity index (χ1n) is 7.56. The highest BCUT2D eigenvalue weighted by atomic mass is 35.5. The molecule has 1 aromatic rings. The molecule has 1 N–H and O–H groups in total. The normalized spacial score (nSPS) is 20.0. The molecule has 1 amide bonds. The lowest BCUT2D eigenvalue weighted by atomic mass is 10.1. The van der Waals surface area contributed by atoms with Crippen LogP contribution in [0.2, 0.25) is 5.28 Å². The van der Waals surface area contributed by atoms with E-state index in [0.717, 1.165) is 18.1 Å². The first-order chi connectivity index (χ1) is 11.2. The summed E-state index contributed by atoms with van der Waals surface area (Å²) >= 11 is 5.95. The SMILES string of the molecule is COCCNC(=O)CN1CC2COCCN2c2nc(Cl)ncc21.